The predicted molar refractivity (Wildman–Crippen MR) is 94.4 cm³/mol. The van der Waals surface area contributed by atoms with Crippen molar-refractivity contribution in [1.82, 2.24) is 0 Å². The number of ether oxygens (including phenoxy) is 1. The number of carbonyl (C=O) groups is 3. The van der Waals surface area contributed by atoms with E-state index in [1.807, 2.05) is 19.1 Å². The average molecular weight is 342 g/mol. The lowest BCUT2D eigenvalue weighted by Crippen LogP contribution is -2.42. The molecule has 3 atom stereocenters. The van der Waals surface area contributed by atoms with E-state index in [9.17, 15) is 14.4 Å². The highest BCUT2D eigenvalue weighted by atomic mass is 16.5. The standard InChI is InChI=1S/C21H26O4/c1-13-4-6-16(25-14(2)22)12-15(13)5-7-17-18-8-9-20(24)21(18,3)11-10-19(17)23/h4,6,12,17-18H,5,7-11H2,1-3H3/t17-,18-,21-/m0/s1. The molecule has 25 heavy (non-hydrogen) atoms. The van der Waals surface area contributed by atoms with Gasteiger partial charge in [-0.25, -0.2) is 0 Å². The van der Waals surface area contributed by atoms with Crippen molar-refractivity contribution in [2.75, 3.05) is 0 Å². The third kappa shape index (κ3) is 3.39. The van der Waals surface area contributed by atoms with Gasteiger partial charge in [0.15, 0.2) is 0 Å². The minimum Gasteiger partial charge on any atom is -0.427 e. The van der Waals surface area contributed by atoms with E-state index >= 15 is 0 Å². The number of hydrogen-bond donors (Lipinski definition) is 0. The van der Waals surface area contributed by atoms with Crippen molar-refractivity contribution in [1.29, 1.82) is 0 Å². The molecule has 0 heterocycles. The molecule has 0 spiro atoms. The molecule has 134 valence electrons. The van der Waals surface area contributed by atoms with Crippen LogP contribution in [0.1, 0.15) is 57.1 Å². The zero-order valence-corrected chi connectivity index (χ0v) is 15.3. The van der Waals surface area contributed by atoms with Crippen LogP contribution in [0.4, 0.5) is 0 Å². The highest BCUT2D eigenvalue weighted by Gasteiger charge is 2.53. The number of benzene rings is 1. The number of rotatable bonds is 4. The van der Waals surface area contributed by atoms with Crippen molar-refractivity contribution in [3.05, 3.63) is 29.3 Å². The van der Waals surface area contributed by atoms with Crippen LogP contribution in [0, 0.1) is 24.2 Å². The summed E-state index contributed by atoms with van der Waals surface area (Å²) >= 11 is 0. The summed E-state index contributed by atoms with van der Waals surface area (Å²) in [6, 6.07) is 5.63. The third-order valence-electron chi connectivity index (χ3n) is 6.23. The minimum atomic E-state index is -0.336. The summed E-state index contributed by atoms with van der Waals surface area (Å²) in [6.45, 7) is 5.47. The van der Waals surface area contributed by atoms with Gasteiger partial charge in [0.1, 0.15) is 17.3 Å². The molecular formula is C21H26O4. The van der Waals surface area contributed by atoms with Gasteiger partial charge in [0.25, 0.3) is 0 Å². The van der Waals surface area contributed by atoms with Gasteiger partial charge in [0.05, 0.1) is 0 Å². The van der Waals surface area contributed by atoms with E-state index in [2.05, 4.69) is 6.92 Å². The van der Waals surface area contributed by atoms with Gasteiger partial charge < -0.3 is 4.74 Å². The molecule has 0 saturated heterocycles. The van der Waals surface area contributed by atoms with Crippen molar-refractivity contribution in [2.24, 2.45) is 17.3 Å². The molecule has 2 saturated carbocycles. The van der Waals surface area contributed by atoms with E-state index in [1.165, 1.54) is 6.92 Å². The van der Waals surface area contributed by atoms with Crippen molar-refractivity contribution >= 4 is 17.5 Å². The topological polar surface area (TPSA) is 60.4 Å². The highest BCUT2D eigenvalue weighted by Crippen LogP contribution is 2.52. The fourth-order valence-electron chi connectivity index (χ4n) is 4.68. The van der Waals surface area contributed by atoms with E-state index < -0.39 is 0 Å². The van der Waals surface area contributed by atoms with Crippen LogP contribution < -0.4 is 4.74 Å². The number of Topliss-reactive ketones (excluding diaryl/α,β-unsaturated/α-hetero) is 2. The maximum absolute atomic E-state index is 12.5. The number of aryl methyl sites for hydroxylation is 2. The second kappa shape index (κ2) is 6.74. The SMILES string of the molecule is CC(=O)Oc1ccc(C)c(CC[C@@H]2C(=O)CC[C@]3(C)C(=O)CC[C@@H]23)c1. The molecule has 2 aliphatic carbocycles. The first-order valence-electron chi connectivity index (χ1n) is 9.15. The van der Waals surface area contributed by atoms with Gasteiger partial charge in [-0.3, -0.25) is 14.4 Å². The lowest BCUT2D eigenvalue weighted by molar-refractivity contribution is -0.137. The molecule has 0 aromatic heterocycles. The van der Waals surface area contributed by atoms with E-state index in [1.54, 1.807) is 6.07 Å². The summed E-state index contributed by atoms with van der Waals surface area (Å²) in [7, 11) is 0. The Bertz CT molecular complexity index is 721. The molecule has 1 aromatic carbocycles. The Kier molecular flexibility index (Phi) is 4.81. The second-order valence-corrected chi connectivity index (χ2v) is 7.78. The van der Waals surface area contributed by atoms with Crippen LogP contribution in [-0.4, -0.2) is 17.5 Å². The van der Waals surface area contributed by atoms with Gasteiger partial charge >= 0.3 is 5.97 Å². The lowest BCUT2D eigenvalue weighted by Gasteiger charge is -2.39. The van der Waals surface area contributed by atoms with Gasteiger partial charge in [-0.2, -0.15) is 0 Å². The van der Waals surface area contributed by atoms with Crippen molar-refractivity contribution < 1.29 is 19.1 Å². The van der Waals surface area contributed by atoms with Crippen LogP contribution in [0.25, 0.3) is 0 Å². The predicted octanol–water partition coefficient (Wildman–Crippen LogP) is 3.82. The Morgan fingerprint density at radius 2 is 2.04 bits per heavy atom. The molecule has 4 heteroatoms. The van der Waals surface area contributed by atoms with Crippen LogP contribution >= 0.6 is 0 Å². The fourth-order valence-corrected chi connectivity index (χ4v) is 4.68. The van der Waals surface area contributed by atoms with E-state index in [4.69, 9.17) is 4.74 Å². The van der Waals surface area contributed by atoms with Gasteiger partial charge in [-0.15, -0.1) is 0 Å². The Morgan fingerprint density at radius 3 is 2.76 bits per heavy atom. The Morgan fingerprint density at radius 1 is 1.28 bits per heavy atom. The summed E-state index contributed by atoms with van der Waals surface area (Å²) in [6.07, 6.45) is 4.22. The summed E-state index contributed by atoms with van der Waals surface area (Å²) < 4.78 is 5.17. The first-order valence-corrected chi connectivity index (χ1v) is 9.15. The Labute approximate surface area is 148 Å². The van der Waals surface area contributed by atoms with Crippen LogP contribution in [-0.2, 0) is 20.8 Å². The Balaban J connectivity index is 1.75. The van der Waals surface area contributed by atoms with Gasteiger partial charge in [-0.05, 0) is 61.8 Å². The fraction of sp³-hybridized carbons (Fsp3) is 0.571. The van der Waals surface area contributed by atoms with Crippen molar-refractivity contribution in [2.45, 2.75) is 59.3 Å². The summed E-state index contributed by atoms with van der Waals surface area (Å²) in [4.78, 5) is 36.0. The number of ketones is 2. The van der Waals surface area contributed by atoms with Crippen LogP contribution in [0.5, 0.6) is 5.75 Å². The van der Waals surface area contributed by atoms with Crippen LogP contribution in [0.2, 0.25) is 0 Å². The molecule has 0 amide bonds. The molecule has 0 aliphatic heterocycles. The van der Waals surface area contributed by atoms with Crippen molar-refractivity contribution in [3.63, 3.8) is 0 Å². The van der Waals surface area contributed by atoms with Crippen LogP contribution in [0.3, 0.4) is 0 Å². The van der Waals surface area contributed by atoms with E-state index in [0.717, 1.165) is 30.4 Å². The number of hydrogen-bond acceptors (Lipinski definition) is 4. The highest BCUT2D eigenvalue weighted by molar-refractivity contribution is 5.92. The molecule has 4 nitrogen and oxygen atoms in total. The molecular weight excluding hydrogens is 316 g/mol. The number of fused-ring (bicyclic) bond motifs is 1. The van der Waals surface area contributed by atoms with E-state index in [-0.39, 0.29) is 23.2 Å². The number of carbonyl (C=O) groups excluding carboxylic acids is 3. The maximum Gasteiger partial charge on any atom is 0.308 e. The molecule has 3 rings (SSSR count). The first kappa shape index (κ1) is 17.8. The van der Waals surface area contributed by atoms with Gasteiger partial charge in [-0.1, -0.05) is 13.0 Å². The van der Waals surface area contributed by atoms with Crippen molar-refractivity contribution in [3.8, 4) is 5.75 Å². The average Bonchev–Trinajstić information content (AvgIpc) is 2.85. The maximum atomic E-state index is 12.5. The summed E-state index contributed by atoms with van der Waals surface area (Å²) in [5.74, 6) is 1.02. The zero-order valence-electron chi connectivity index (χ0n) is 15.3. The molecule has 1 aromatic rings. The summed E-state index contributed by atoms with van der Waals surface area (Å²) in [5.41, 5.74) is 1.93. The summed E-state index contributed by atoms with van der Waals surface area (Å²) in [5, 5.41) is 0. The van der Waals surface area contributed by atoms with Gasteiger partial charge in [0.2, 0.25) is 0 Å². The first-order chi connectivity index (χ1) is 11.8. The Hall–Kier alpha value is -1.97. The van der Waals surface area contributed by atoms with Gasteiger partial charge in [0, 0.05) is 31.1 Å². The minimum absolute atomic E-state index is 0.0259. The monoisotopic (exact) mass is 342 g/mol. The lowest BCUT2D eigenvalue weighted by atomic mass is 9.62. The third-order valence-corrected chi connectivity index (χ3v) is 6.23. The van der Waals surface area contributed by atoms with E-state index in [0.29, 0.717) is 36.6 Å². The molecule has 0 radical (unpaired) electrons. The zero-order chi connectivity index (χ0) is 18.2. The van der Waals surface area contributed by atoms with Crippen LogP contribution in [0.15, 0.2) is 18.2 Å². The quantitative estimate of drug-likeness (QED) is 0.616. The molecule has 0 N–H and O–H groups in total. The molecule has 0 bridgehead atoms. The smallest absolute Gasteiger partial charge is 0.308 e. The molecule has 2 fully saturated rings. The molecule has 0 unspecified atom stereocenters. The molecule has 2 aliphatic rings. The largest absolute Gasteiger partial charge is 0.427 e. The second-order valence-electron chi connectivity index (χ2n) is 7.78. The number of esters is 1. The normalized spacial score (nSPS) is 28.8.